The van der Waals surface area contributed by atoms with Crippen LogP contribution in [0.1, 0.15) is 26.2 Å². The van der Waals surface area contributed by atoms with Crippen LogP contribution in [0.4, 0.5) is 0 Å². The first kappa shape index (κ1) is 11.0. The Balaban J connectivity index is 1.98. The first-order valence-corrected chi connectivity index (χ1v) is 5.32. The van der Waals surface area contributed by atoms with Crippen LogP contribution in [-0.2, 0) is 4.74 Å². The minimum Gasteiger partial charge on any atom is -0.377 e. The minimum atomic E-state index is 0.456. The molecule has 3 heteroatoms. The Bertz CT molecular complexity index is 124. The highest BCUT2D eigenvalue weighted by molar-refractivity contribution is 4.68. The zero-order chi connectivity index (χ0) is 9.52. The molecule has 0 aromatic heterocycles. The van der Waals surface area contributed by atoms with Crippen molar-refractivity contribution < 1.29 is 4.74 Å². The lowest BCUT2D eigenvalue weighted by Crippen LogP contribution is -2.39. The molecule has 1 aliphatic heterocycles. The zero-order valence-electron chi connectivity index (χ0n) is 8.81. The first-order chi connectivity index (χ1) is 6.33. The third-order valence-electron chi connectivity index (χ3n) is 2.59. The molecule has 2 N–H and O–H groups in total. The lowest BCUT2D eigenvalue weighted by atomic mass is 10.1. The molecular formula is C10H22N2O. The highest BCUT2D eigenvalue weighted by Crippen LogP contribution is 2.11. The molecule has 0 saturated carbocycles. The molecule has 78 valence electrons. The van der Waals surface area contributed by atoms with E-state index >= 15 is 0 Å². The van der Waals surface area contributed by atoms with Gasteiger partial charge >= 0.3 is 0 Å². The van der Waals surface area contributed by atoms with Gasteiger partial charge in [-0.25, -0.2) is 0 Å². The van der Waals surface area contributed by atoms with Crippen LogP contribution in [0.3, 0.4) is 0 Å². The molecule has 1 fully saturated rings. The lowest BCUT2D eigenvalue weighted by molar-refractivity contribution is 0.0168. The molecule has 0 amide bonds. The molecule has 2 atom stereocenters. The largest absolute Gasteiger partial charge is 0.377 e. The van der Waals surface area contributed by atoms with Crippen molar-refractivity contribution in [1.82, 2.24) is 10.6 Å². The molecule has 3 nitrogen and oxygen atoms in total. The fraction of sp³-hybridized carbons (Fsp3) is 1.00. The van der Waals surface area contributed by atoms with E-state index in [0.29, 0.717) is 12.1 Å². The Kier molecular flexibility index (Phi) is 5.35. The number of ether oxygens (including phenoxy) is 1. The SMILES string of the molecule is CNC(C)CNCC1CCCCO1. The zero-order valence-corrected chi connectivity index (χ0v) is 8.81. The van der Waals surface area contributed by atoms with E-state index in [1.165, 1.54) is 19.3 Å². The van der Waals surface area contributed by atoms with Crippen molar-refractivity contribution >= 4 is 0 Å². The second-order valence-electron chi connectivity index (χ2n) is 3.84. The van der Waals surface area contributed by atoms with Gasteiger partial charge in [-0.05, 0) is 33.2 Å². The van der Waals surface area contributed by atoms with Crippen LogP contribution in [0.2, 0.25) is 0 Å². The lowest BCUT2D eigenvalue weighted by Gasteiger charge is -2.23. The Morgan fingerprint density at radius 2 is 2.31 bits per heavy atom. The van der Waals surface area contributed by atoms with Crippen LogP contribution >= 0.6 is 0 Å². The predicted molar refractivity (Wildman–Crippen MR) is 55.0 cm³/mol. The van der Waals surface area contributed by atoms with Gasteiger partial charge in [0.15, 0.2) is 0 Å². The second kappa shape index (κ2) is 6.35. The van der Waals surface area contributed by atoms with E-state index in [9.17, 15) is 0 Å². The minimum absolute atomic E-state index is 0.456. The summed E-state index contributed by atoms with van der Waals surface area (Å²) in [5, 5.41) is 6.62. The van der Waals surface area contributed by atoms with Crippen molar-refractivity contribution in [3.8, 4) is 0 Å². The van der Waals surface area contributed by atoms with Gasteiger partial charge in [-0.1, -0.05) is 0 Å². The van der Waals surface area contributed by atoms with Crippen molar-refractivity contribution in [2.45, 2.75) is 38.3 Å². The standard InChI is InChI=1S/C10H22N2O/c1-9(11-2)7-12-8-10-5-3-4-6-13-10/h9-12H,3-8H2,1-2H3. The topological polar surface area (TPSA) is 33.3 Å². The van der Waals surface area contributed by atoms with Crippen LogP contribution in [0.5, 0.6) is 0 Å². The van der Waals surface area contributed by atoms with Crippen molar-refractivity contribution in [2.24, 2.45) is 0 Å². The van der Waals surface area contributed by atoms with E-state index in [2.05, 4.69) is 17.6 Å². The van der Waals surface area contributed by atoms with E-state index < -0.39 is 0 Å². The van der Waals surface area contributed by atoms with E-state index in [1.54, 1.807) is 0 Å². The van der Waals surface area contributed by atoms with Gasteiger partial charge in [-0.3, -0.25) is 0 Å². The Morgan fingerprint density at radius 1 is 1.46 bits per heavy atom. The summed E-state index contributed by atoms with van der Waals surface area (Å²) in [5.74, 6) is 0. The van der Waals surface area contributed by atoms with Gasteiger partial charge in [0.05, 0.1) is 6.10 Å². The fourth-order valence-electron chi connectivity index (χ4n) is 1.53. The van der Waals surface area contributed by atoms with Crippen LogP contribution < -0.4 is 10.6 Å². The number of hydrogen-bond acceptors (Lipinski definition) is 3. The van der Waals surface area contributed by atoms with E-state index in [1.807, 2.05) is 7.05 Å². The highest BCUT2D eigenvalue weighted by atomic mass is 16.5. The Morgan fingerprint density at radius 3 is 2.92 bits per heavy atom. The van der Waals surface area contributed by atoms with Gasteiger partial charge in [-0.15, -0.1) is 0 Å². The van der Waals surface area contributed by atoms with E-state index in [0.717, 1.165) is 19.7 Å². The van der Waals surface area contributed by atoms with Gasteiger partial charge < -0.3 is 15.4 Å². The first-order valence-electron chi connectivity index (χ1n) is 5.32. The molecule has 2 unspecified atom stereocenters. The highest BCUT2D eigenvalue weighted by Gasteiger charge is 2.12. The van der Waals surface area contributed by atoms with Crippen LogP contribution in [-0.4, -0.2) is 38.9 Å². The van der Waals surface area contributed by atoms with Crippen molar-refractivity contribution in [1.29, 1.82) is 0 Å². The molecule has 1 saturated heterocycles. The monoisotopic (exact) mass is 186 g/mol. The number of rotatable bonds is 5. The molecule has 1 heterocycles. The molecule has 13 heavy (non-hydrogen) atoms. The Labute approximate surface area is 81.2 Å². The van der Waals surface area contributed by atoms with Gasteiger partial charge in [0.25, 0.3) is 0 Å². The maximum absolute atomic E-state index is 5.61. The maximum atomic E-state index is 5.61. The normalized spacial score (nSPS) is 25.8. The number of hydrogen-bond donors (Lipinski definition) is 2. The third kappa shape index (κ3) is 4.60. The van der Waals surface area contributed by atoms with Crippen LogP contribution in [0.15, 0.2) is 0 Å². The molecule has 0 aromatic rings. The molecular weight excluding hydrogens is 164 g/mol. The predicted octanol–water partition coefficient (Wildman–Crippen LogP) is 0.753. The van der Waals surface area contributed by atoms with Crippen molar-refractivity contribution in [3.63, 3.8) is 0 Å². The quantitative estimate of drug-likeness (QED) is 0.665. The summed E-state index contributed by atoms with van der Waals surface area (Å²) in [5.41, 5.74) is 0. The van der Waals surface area contributed by atoms with Gasteiger partial charge in [0.1, 0.15) is 0 Å². The molecule has 1 aliphatic rings. The fourth-order valence-corrected chi connectivity index (χ4v) is 1.53. The molecule has 0 aromatic carbocycles. The number of nitrogens with one attached hydrogen (secondary N) is 2. The summed E-state index contributed by atoms with van der Waals surface area (Å²) in [7, 11) is 1.99. The summed E-state index contributed by atoms with van der Waals surface area (Å²) >= 11 is 0. The molecule has 1 rings (SSSR count). The molecule has 0 aliphatic carbocycles. The smallest absolute Gasteiger partial charge is 0.0699 e. The molecule has 0 spiro atoms. The number of likely N-dealkylation sites (N-methyl/N-ethyl adjacent to an activating group) is 1. The van der Waals surface area contributed by atoms with Gasteiger partial charge in [0.2, 0.25) is 0 Å². The average molecular weight is 186 g/mol. The molecule has 0 bridgehead atoms. The maximum Gasteiger partial charge on any atom is 0.0699 e. The third-order valence-corrected chi connectivity index (χ3v) is 2.59. The molecule has 0 radical (unpaired) electrons. The van der Waals surface area contributed by atoms with Crippen LogP contribution in [0, 0.1) is 0 Å². The van der Waals surface area contributed by atoms with Gasteiger partial charge in [-0.2, -0.15) is 0 Å². The summed E-state index contributed by atoms with van der Waals surface area (Å²) in [6.07, 6.45) is 4.25. The average Bonchev–Trinajstić information content (AvgIpc) is 2.19. The van der Waals surface area contributed by atoms with Crippen molar-refractivity contribution in [3.05, 3.63) is 0 Å². The van der Waals surface area contributed by atoms with Crippen molar-refractivity contribution in [2.75, 3.05) is 26.7 Å². The summed E-state index contributed by atoms with van der Waals surface area (Å²) < 4.78 is 5.61. The summed E-state index contributed by atoms with van der Waals surface area (Å²) in [4.78, 5) is 0. The summed E-state index contributed by atoms with van der Waals surface area (Å²) in [6.45, 7) is 5.16. The van der Waals surface area contributed by atoms with E-state index in [-0.39, 0.29) is 0 Å². The summed E-state index contributed by atoms with van der Waals surface area (Å²) in [6, 6.07) is 0.545. The van der Waals surface area contributed by atoms with E-state index in [4.69, 9.17) is 4.74 Å². The van der Waals surface area contributed by atoms with Gasteiger partial charge in [0, 0.05) is 25.7 Å². The second-order valence-corrected chi connectivity index (χ2v) is 3.84. The van der Waals surface area contributed by atoms with Crippen LogP contribution in [0.25, 0.3) is 0 Å². The Hall–Kier alpha value is -0.120.